The molecule has 6 nitrogen and oxygen atoms in total. The number of carbonyl (C=O) groups is 2. The van der Waals surface area contributed by atoms with Gasteiger partial charge in [0.25, 0.3) is 5.91 Å². The Kier molecular flexibility index (Phi) is 5.69. The molecule has 0 bridgehead atoms. The van der Waals surface area contributed by atoms with Crippen LogP contribution in [-0.4, -0.2) is 55.7 Å². The van der Waals surface area contributed by atoms with Crippen LogP contribution in [0.5, 0.6) is 5.75 Å². The van der Waals surface area contributed by atoms with E-state index in [0.717, 1.165) is 51.1 Å². The van der Waals surface area contributed by atoms with Crippen molar-refractivity contribution in [3.8, 4) is 5.75 Å². The van der Waals surface area contributed by atoms with Gasteiger partial charge in [-0.05, 0) is 49.9 Å². The van der Waals surface area contributed by atoms with Crippen molar-refractivity contribution in [1.29, 1.82) is 0 Å². The van der Waals surface area contributed by atoms with E-state index in [1.807, 2.05) is 0 Å². The van der Waals surface area contributed by atoms with Crippen LogP contribution in [0.25, 0.3) is 0 Å². The highest BCUT2D eigenvalue weighted by molar-refractivity contribution is 5.96. The predicted octanol–water partition coefficient (Wildman–Crippen LogP) is 1.60. The van der Waals surface area contributed by atoms with Crippen molar-refractivity contribution in [3.05, 3.63) is 29.8 Å². The third-order valence-corrected chi connectivity index (χ3v) is 4.44. The smallest absolute Gasteiger partial charge is 0.251 e. The maximum absolute atomic E-state index is 12.1. The van der Waals surface area contributed by atoms with Gasteiger partial charge in [-0.15, -0.1) is 0 Å². The van der Waals surface area contributed by atoms with E-state index in [9.17, 15) is 9.59 Å². The molecule has 3 rings (SSSR count). The number of hydrogen-bond donors (Lipinski definition) is 1. The third kappa shape index (κ3) is 4.47. The Morgan fingerprint density at radius 2 is 1.92 bits per heavy atom. The summed E-state index contributed by atoms with van der Waals surface area (Å²) in [5.41, 5.74) is 0.522. The Bertz CT molecular complexity index is 561. The Morgan fingerprint density at radius 1 is 1.17 bits per heavy atom. The molecule has 0 radical (unpaired) electrons. The minimum atomic E-state index is -0.242. The highest BCUT2D eigenvalue weighted by atomic mass is 16.5. The lowest BCUT2D eigenvalue weighted by atomic mass is 10.2. The Hall–Kier alpha value is -2.08. The zero-order valence-electron chi connectivity index (χ0n) is 13.8. The minimum absolute atomic E-state index is 0.0163. The van der Waals surface area contributed by atoms with E-state index < -0.39 is 0 Å². The molecule has 0 aliphatic carbocycles. The summed E-state index contributed by atoms with van der Waals surface area (Å²) in [4.78, 5) is 25.8. The van der Waals surface area contributed by atoms with Crippen molar-refractivity contribution in [1.82, 2.24) is 10.2 Å². The van der Waals surface area contributed by atoms with Crippen molar-refractivity contribution in [2.75, 3.05) is 32.8 Å². The van der Waals surface area contributed by atoms with E-state index in [1.165, 1.54) is 0 Å². The van der Waals surface area contributed by atoms with Gasteiger partial charge >= 0.3 is 0 Å². The summed E-state index contributed by atoms with van der Waals surface area (Å²) >= 11 is 0. The summed E-state index contributed by atoms with van der Waals surface area (Å²) in [6.45, 7) is 2.99. The van der Waals surface area contributed by atoms with Crippen molar-refractivity contribution in [2.45, 2.75) is 31.8 Å². The zero-order chi connectivity index (χ0) is 16.8. The van der Waals surface area contributed by atoms with Gasteiger partial charge in [0.15, 0.2) is 0 Å². The zero-order valence-corrected chi connectivity index (χ0v) is 13.8. The highest BCUT2D eigenvalue weighted by Crippen LogP contribution is 2.16. The molecule has 0 aromatic heterocycles. The lowest BCUT2D eigenvalue weighted by Gasteiger charge is -2.15. The van der Waals surface area contributed by atoms with Gasteiger partial charge in [0.1, 0.15) is 12.4 Å². The van der Waals surface area contributed by atoms with Crippen molar-refractivity contribution < 1.29 is 19.1 Å². The molecule has 1 N–H and O–H groups in total. The second-order valence-corrected chi connectivity index (χ2v) is 6.24. The third-order valence-electron chi connectivity index (χ3n) is 4.44. The monoisotopic (exact) mass is 332 g/mol. The fraction of sp³-hybridized carbons (Fsp3) is 0.556. The molecule has 2 heterocycles. The van der Waals surface area contributed by atoms with Crippen LogP contribution < -0.4 is 10.1 Å². The van der Waals surface area contributed by atoms with Crippen LogP contribution in [0.2, 0.25) is 0 Å². The molecule has 0 spiro atoms. The van der Waals surface area contributed by atoms with Gasteiger partial charge in [0.05, 0.1) is 12.6 Å². The highest BCUT2D eigenvalue weighted by Gasteiger charge is 2.19. The van der Waals surface area contributed by atoms with Crippen molar-refractivity contribution >= 4 is 11.8 Å². The van der Waals surface area contributed by atoms with Gasteiger partial charge < -0.3 is 19.7 Å². The number of amides is 2. The number of ether oxygens (including phenoxy) is 2. The number of carbonyl (C=O) groups excluding carboxylic acids is 2. The van der Waals surface area contributed by atoms with Gasteiger partial charge in [-0.25, -0.2) is 0 Å². The maximum Gasteiger partial charge on any atom is 0.251 e. The number of benzene rings is 1. The molecule has 1 aromatic carbocycles. The topological polar surface area (TPSA) is 67.9 Å². The van der Waals surface area contributed by atoms with Crippen molar-refractivity contribution in [2.24, 2.45) is 0 Å². The summed E-state index contributed by atoms with van der Waals surface area (Å²) in [6.07, 6.45) is 4.39. The lowest BCUT2D eigenvalue weighted by molar-refractivity contribution is -0.129. The maximum atomic E-state index is 12.1. The number of nitrogens with zero attached hydrogens (tertiary/aromatic N) is 1. The molecule has 1 atom stereocenters. The fourth-order valence-electron chi connectivity index (χ4n) is 3.00. The molecule has 0 saturated carbocycles. The van der Waals surface area contributed by atoms with Gasteiger partial charge in [0, 0.05) is 25.3 Å². The van der Waals surface area contributed by atoms with E-state index in [2.05, 4.69) is 5.32 Å². The van der Waals surface area contributed by atoms with Crippen LogP contribution in [0.15, 0.2) is 24.3 Å². The largest absolute Gasteiger partial charge is 0.491 e. The first kappa shape index (κ1) is 16.8. The number of rotatable bonds is 6. The van der Waals surface area contributed by atoms with Crippen LogP contribution in [0.1, 0.15) is 36.0 Å². The van der Waals surface area contributed by atoms with E-state index in [-0.39, 0.29) is 24.5 Å². The standard InChI is InChI=1S/C18H24N2O4/c21-17(20-9-1-2-10-20)12-19-18(22)14-5-7-15(8-6-14)24-13-16-4-3-11-23-16/h5-8,16H,1-4,9-13H2,(H,19,22). The van der Waals surface area contributed by atoms with E-state index in [0.29, 0.717) is 12.2 Å². The first-order valence-electron chi connectivity index (χ1n) is 8.63. The normalized spacial score (nSPS) is 20.2. The van der Waals surface area contributed by atoms with E-state index >= 15 is 0 Å². The number of likely N-dealkylation sites (tertiary alicyclic amines) is 1. The molecule has 2 fully saturated rings. The second kappa shape index (κ2) is 8.15. The van der Waals surface area contributed by atoms with Gasteiger partial charge in [-0.2, -0.15) is 0 Å². The second-order valence-electron chi connectivity index (χ2n) is 6.24. The van der Waals surface area contributed by atoms with Gasteiger partial charge in [-0.1, -0.05) is 0 Å². The van der Waals surface area contributed by atoms with E-state index in [4.69, 9.17) is 9.47 Å². The van der Waals surface area contributed by atoms with Crippen LogP contribution in [0.3, 0.4) is 0 Å². The minimum Gasteiger partial charge on any atom is -0.491 e. The van der Waals surface area contributed by atoms with Crippen LogP contribution in [0, 0.1) is 0 Å². The SMILES string of the molecule is O=C(NCC(=O)N1CCCC1)c1ccc(OCC2CCCO2)cc1. The van der Waals surface area contributed by atoms with Gasteiger partial charge in [-0.3, -0.25) is 9.59 Å². The quantitative estimate of drug-likeness (QED) is 0.859. The molecule has 24 heavy (non-hydrogen) atoms. The molecule has 1 aromatic rings. The number of hydrogen-bond acceptors (Lipinski definition) is 4. The van der Waals surface area contributed by atoms with Crippen LogP contribution >= 0.6 is 0 Å². The molecule has 2 saturated heterocycles. The molecule has 130 valence electrons. The predicted molar refractivity (Wildman–Crippen MR) is 89.1 cm³/mol. The summed E-state index contributed by atoms with van der Waals surface area (Å²) in [5, 5.41) is 2.68. The fourth-order valence-corrected chi connectivity index (χ4v) is 3.00. The Balaban J connectivity index is 1.43. The summed E-state index contributed by atoms with van der Waals surface area (Å²) in [6, 6.07) is 6.96. The lowest BCUT2D eigenvalue weighted by Crippen LogP contribution is -2.38. The average molecular weight is 332 g/mol. The Labute approximate surface area is 142 Å². The molecular weight excluding hydrogens is 308 g/mol. The van der Waals surface area contributed by atoms with Crippen LogP contribution in [-0.2, 0) is 9.53 Å². The van der Waals surface area contributed by atoms with Crippen molar-refractivity contribution in [3.63, 3.8) is 0 Å². The molecule has 6 heteroatoms. The number of nitrogens with one attached hydrogen (secondary N) is 1. The molecule has 1 unspecified atom stereocenters. The Morgan fingerprint density at radius 3 is 2.58 bits per heavy atom. The summed E-state index contributed by atoms with van der Waals surface area (Å²) in [7, 11) is 0. The first-order valence-corrected chi connectivity index (χ1v) is 8.63. The molecular formula is C18H24N2O4. The summed E-state index contributed by atoms with van der Waals surface area (Å²) < 4.78 is 11.2. The van der Waals surface area contributed by atoms with E-state index in [1.54, 1.807) is 29.2 Å². The molecule has 2 aliphatic rings. The summed E-state index contributed by atoms with van der Waals surface area (Å²) in [5.74, 6) is 0.459. The molecule has 2 amide bonds. The van der Waals surface area contributed by atoms with Gasteiger partial charge in [0.2, 0.25) is 5.91 Å². The first-order chi connectivity index (χ1) is 11.7. The average Bonchev–Trinajstić information content (AvgIpc) is 3.31. The van der Waals surface area contributed by atoms with Crippen LogP contribution in [0.4, 0.5) is 0 Å². The molecule has 2 aliphatic heterocycles.